The molecular weight excluding hydrogens is 576 g/mol. The number of carbonyl (C=O) groups excluding carboxylic acids is 4. The molecule has 0 radical (unpaired) electrons. The van der Waals surface area contributed by atoms with Crippen molar-refractivity contribution in [2.45, 2.75) is 84.5 Å². The molecule has 3 heterocycles. The molecule has 2 aromatic rings. The molecule has 4 aliphatic rings. The van der Waals surface area contributed by atoms with Gasteiger partial charge in [-0.15, -0.1) is 0 Å². The van der Waals surface area contributed by atoms with Crippen molar-refractivity contribution < 1.29 is 19.2 Å². The van der Waals surface area contributed by atoms with Crippen LogP contribution in [0, 0.1) is 5.41 Å². The van der Waals surface area contributed by atoms with Crippen LogP contribution >= 0.6 is 11.6 Å². The maximum Gasteiger partial charge on any atom is 0.255 e. The van der Waals surface area contributed by atoms with Gasteiger partial charge in [0, 0.05) is 60.8 Å². The van der Waals surface area contributed by atoms with Gasteiger partial charge in [-0.2, -0.15) is 0 Å². The average molecular weight is 617 g/mol. The van der Waals surface area contributed by atoms with Gasteiger partial charge < -0.3 is 9.80 Å². The number of fused-ring (bicyclic) bond motifs is 1. The number of hydrogen-bond acceptors (Lipinski definition) is 5. The molecule has 0 bridgehead atoms. The number of halogens is 1. The highest BCUT2D eigenvalue weighted by molar-refractivity contribution is 6.30. The third-order valence-electron chi connectivity index (χ3n) is 9.91. The van der Waals surface area contributed by atoms with Gasteiger partial charge in [-0.05, 0) is 92.0 Å². The van der Waals surface area contributed by atoms with Gasteiger partial charge in [0.05, 0.1) is 0 Å². The summed E-state index contributed by atoms with van der Waals surface area (Å²) in [6, 6.07) is 13.1. The number of nitrogens with one attached hydrogen (secondary N) is 1. The Balaban J connectivity index is 1.15. The largest absolute Gasteiger partial charge is 0.336 e. The Morgan fingerprint density at radius 2 is 1.70 bits per heavy atom. The lowest BCUT2D eigenvalue weighted by Gasteiger charge is -2.46. The second kappa shape index (κ2) is 11.8. The van der Waals surface area contributed by atoms with Crippen LogP contribution in [0.2, 0.25) is 5.02 Å². The van der Waals surface area contributed by atoms with E-state index in [-0.39, 0.29) is 48.2 Å². The van der Waals surface area contributed by atoms with Crippen LogP contribution in [0.5, 0.6) is 0 Å². The zero-order valence-electron chi connectivity index (χ0n) is 26.0. The molecule has 0 spiro atoms. The second-order valence-electron chi connectivity index (χ2n) is 13.8. The standard InChI is InChI=1S/C35H41ClN4O4/c1-21-17-38(18-22(2)39(21)19-25-13-14-35(3,4)16-29(25)23-5-8-27(36)9-6-23)33(43)24-7-10-28-26(15-24)20-40(34(28)44)30-11-12-31(41)37-32(30)42/h5-10,15,21-22,30H,11-14,16-20H2,1-4H3,(H,37,41,42). The van der Waals surface area contributed by atoms with E-state index in [9.17, 15) is 19.2 Å². The monoisotopic (exact) mass is 616 g/mol. The van der Waals surface area contributed by atoms with E-state index in [1.54, 1.807) is 18.2 Å². The van der Waals surface area contributed by atoms with Crippen molar-refractivity contribution >= 4 is 40.8 Å². The van der Waals surface area contributed by atoms with E-state index < -0.39 is 11.9 Å². The van der Waals surface area contributed by atoms with Gasteiger partial charge in [-0.3, -0.25) is 29.4 Å². The summed E-state index contributed by atoms with van der Waals surface area (Å²) in [6.07, 6.45) is 3.77. The normalized spacial score (nSPS) is 25.8. The van der Waals surface area contributed by atoms with Crippen LogP contribution in [0.3, 0.4) is 0 Å². The summed E-state index contributed by atoms with van der Waals surface area (Å²) in [5.74, 6) is -1.03. The average Bonchev–Trinajstić information content (AvgIpc) is 3.30. The molecule has 2 aromatic carbocycles. The van der Waals surface area contributed by atoms with E-state index in [0.29, 0.717) is 30.6 Å². The van der Waals surface area contributed by atoms with Crippen molar-refractivity contribution in [3.8, 4) is 0 Å². The lowest BCUT2D eigenvalue weighted by atomic mass is 9.72. The highest BCUT2D eigenvalue weighted by atomic mass is 35.5. The van der Waals surface area contributed by atoms with Gasteiger partial charge in [0.1, 0.15) is 6.04 Å². The van der Waals surface area contributed by atoms with Gasteiger partial charge in [-0.25, -0.2) is 0 Å². The molecule has 44 heavy (non-hydrogen) atoms. The second-order valence-corrected chi connectivity index (χ2v) is 14.2. The molecule has 232 valence electrons. The highest BCUT2D eigenvalue weighted by Crippen LogP contribution is 2.43. The zero-order chi connectivity index (χ0) is 31.3. The predicted molar refractivity (Wildman–Crippen MR) is 170 cm³/mol. The summed E-state index contributed by atoms with van der Waals surface area (Å²) in [5.41, 5.74) is 6.21. The minimum absolute atomic E-state index is 0.0430. The summed E-state index contributed by atoms with van der Waals surface area (Å²) in [4.78, 5) is 56.9. The first-order valence-corrected chi connectivity index (χ1v) is 16.1. The molecule has 8 nitrogen and oxygen atoms in total. The molecule has 3 atom stereocenters. The number of hydrogen-bond donors (Lipinski definition) is 1. The number of carbonyl (C=O) groups is 4. The number of nitrogens with zero attached hydrogens (tertiary/aromatic N) is 3. The number of allylic oxidation sites excluding steroid dienone is 1. The molecular formula is C35H41ClN4O4. The van der Waals surface area contributed by atoms with Crippen molar-refractivity contribution in [2.24, 2.45) is 5.41 Å². The molecule has 9 heteroatoms. The number of piperazine rings is 1. The van der Waals surface area contributed by atoms with Crippen LogP contribution in [-0.2, 0) is 16.1 Å². The van der Waals surface area contributed by atoms with E-state index in [1.807, 2.05) is 17.0 Å². The molecule has 2 saturated heterocycles. The lowest BCUT2D eigenvalue weighted by molar-refractivity contribution is -0.136. The molecule has 0 aromatic heterocycles. The Labute approximate surface area is 264 Å². The van der Waals surface area contributed by atoms with Crippen LogP contribution in [-0.4, -0.2) is 76.1 Å². The third-order valence-corrected chi connectivity index (χ3v) is 10.2. The minimum Gasteiger partial charge on any atom is -0.336 e. The van der Waals surface area contributed by atoms with E-state index in [4.69, 9.17) is 11.6 Å². The molecule has 0 saturated carbocycles. The summed E-state index contributed by atoms with van der Waals surface area (Å²) >= 11 is 6.20. The quantitative estimate of drug-likeness (QED) is 0.461. The molecule has 2 fully saturated rings. The molecule has 6 rings (SSSR count). The van der Waals surface area contributed by atoms with Crippen LogP contribution in [0.4, 0.5) is 0 Å². The van der Waals surface area contributed by atoms with E-state index in [0.717, 1.165) is 36.4 Å². The fourth-order valence-corrected chi connectivity index (χ4v) is 7.53. The summed E-state index contributed by atoms with van der Waals surface area (Å²) in [7, 11) is 0. The number of amides is 4. The Hall–Kier alpha value is -3.49. The maximum absolute atomic E-state index is 13.8. The van der Waals surface area contributed by atoms with Crippen LogP contribution < -0.4 is 5.32 Å². The molecule has 3 unspecified atom stereocenters. The molecule has 4 amide bonds. The smallest absolute Gasteiger partial charge is 0.255 e. The van der Waals surface area contributed by atoms with Crippen LogP contribution in [0.15, 0.2) is 48.0 Å². The topological polar surface area (TPSA) is 90.0 Å². The Bertz CT molecular complexity index is 1540. The van der Waals surface area contributed by atoms with Gasteiger partial charge in [0.15, 0.2) is 0 Å². The van der Waals surface area contributed by atoms with Crippen LogP contribution in [0.25, 0.3) is 5.57 Å². The minimum atomic E-state index is -0.674. The van der Waals surface area contributed by atoms with Crippen molar-refractivity contribution in [1.82, 2.24) is 20.0 Å². The molecule has 3 aliphatic heterocycles. The van der Waals surface area contributed by atoms with E-state index in [2.05, 4.69) is 50.0 Å². The first-order valence-electron chi connectivity index (χ1n) is 15.7. The van der Waals surface area contributed by atoms with Gasteiger partial charge >= 0.3 is 0 Å². The fourth-order valence-electron chi connectivity index (χ4n) is 7.41. The number of imide groups is 1. The Morgan fingerprint density at radius 3 is 2.39 bits per heavy atom. The van der Waals surface area contributed by atoms with Crippen molar-refractivity contribution in [3.63, 3.8) is 0 Å². The number of rotatable bonds is 5. The number of piperidine rings is 1. The van der Waals surface area contributed by atoms with Crippen molar-refractivity contribution in [3.05, 3.63) is 75.3 Å². The predicted octanol–water partition coefficient (Wildman–Crippen LogP) is 5.30. The zero-order valence-corrected chi connectivity index (χ0v) is 26.7. The van der Waals surface area contributed by atoms with Gasteiger partial charge in [0.25, 0.3) is 11.8 Å². The van der Waals surface area contributed by atoms with Crippen LogP contribution in [0.1, 0.15) is 91.6 Å². The molecule has 1 N–H and O–H groups in total. The lowest BCUT2D eigenvalue weighted by Crippen LogP contribution is -2.58. The summed E-state index contributed by atoms with van der Waals surface area (Å²) in [5, 5.41) is 3.08. The maximum atomic E-state index is 13.8. The fraction of sp³-hybridized carbons (Fsp3) is 0.486. The first-order chi connectivity index (χ1) is 20.9. The molecule has 1 aliphatic carbocycles. The van der Waals surface area contributed by atoms with Crippen molar-refractivity contribution in [2.75, 3.05) is 19.6 Å². The Morgan fingerprint density at radius 1 is 1.00 bits per heavy atom. The van der Waals surface area contributed by atoms with E-state index >= 15 is 0 Å². The highest BCUT2D eigenvalue weighted by Gasteiger charge is 2.40. The first kappa shape index (κ1) is 30.5. The summed E-state index contributed by atoms with van der Waals surface area (Å²) in [6.45, 7) is 11.5. The number of benzene rings is 2. The van der Waals surface area contributed by atoms with E-state index in [1.165, 1.54) is 21.6 Å². The van der Waals surface area contributed by atoms with Gasteiger partial charge in [-0.1, -0.05) is 43.2 Å². The SMILES string of the molecule is CC1CN(C(=O)c2ccc3c(c2)CN(C2CCC(=O)NC2=O)C3=O)CC(C)N1CC1=C(c2ccc(Cl)cc2)CC(C)(C)CC1. The van der Waals surface area contributed by atoms with Crippen molar-refractivity contribution in [1.29, 1.82) is 0 Å². The van der Waals surface area contributed by atoms with Gasteiger partial charge in [0.2, 0.25) is 11.8 Å². The third kappa shape index (κ3) is 5.94. The summed E-state index contributed by atoms with van der Waals surface area (Å²) < 4.78 is 0. The Kier molecular flexibility index (Phi) is 8.18.